The minimum atomic E-state index is -0.302. The third-order valence-corrected chi connectivity index (χ3v) is 4.44. The van der Waals surface area contributed by atoms with Gasteiger partial charge in [-0.15, -0.1) is 0 Å². The molecule has 5 heteroatoms. The summed E-state index contributed by atoms with van der Waals surface area (Å²) in [6, 6.07) is 14.3. The molecular weight excluding hydrogens is 302 g/mol. The van der Waals surface area contributed by atoms with Gasteiger partial charge in [-0.3, -0.25) is 15.1 Å². The lowest BCUT2D eigenvalue weighted by Crippen LogP contribution is -2.29. The largest absolute Gasteiger partial charge is 0.371 e. The average Bonchev–Trinajstić information content (AvgIpc) is 2.61. The lowest BCUT2D eigenvalue weighted by atomic mass is 10.1. The molecule has 2 heterocycles. The summed E-state index contributed by atoms with van der Waals surface area (Å²) >= 11 is 0. The second kappa shape index (κ2) is 7.90. The average molecular weight is 325 g/mol. The highest BCUT2D eigenvalue weighted by Gasteiger charge is 2.15. The van der Waals surface area contributed by atoms with E-state index in [9.17, 15) is 10.1 Å². The Labute approximate surface area is 142 Å². The van der Waals surface area contributed by atoms with E-state index in [-0.39, 0.29) is 11.5 Å². The number of nitro groups is 1. The molecular formula is C19H23N3O2. The highest BCUT2D eigenvalue weighted by Crippen LogP contribution is 2.22. The molecule has 24 heavy (non-hydrogen) atoms. The van der Waals surface area contributed by atoms with Crippen LogP contribution in [0.1, 0.15) is 36.2 Å². The van der Waals surface area contributed by atoms with Gasteiger partial charge in [0, 0.05) is 29.4 Å². The van der Waals surface area contributed by atoms with Crippen molar-refractivity contribution in [2.24, 2.45) is 0 Å². The Balaban J connectivity index is 1.79. The monoisotopic (exact) mass is 325 g/mol. The first-order chi connectivity index (χ1) is 11.7. The summed E-state index contributed by atoms with van der Waals surface area (Å²) in [5, 5.41) is 10.9. The molecule has 0 spiro atoms. The number of rotatable bonds is 6. The fourth-order valence-electron chi connectivity index (χ4n) is 3.23. The van der Waals surface area contributed by atoms with Gasteiger partial charge in [0.05, 0.1) is 0 Å². The molecule has 3 rings (SSSR count). The van der Waals surface area contributed by atoms with Crippen LogP contribution in [0.25, 0.3) is 0 Å². The Morgan fingerprint density at radius 1 is 1.00 bits per heavy atom. The molecule has 0 bridgehead atoms. The van der Waals surface area contributed by atoms with E-state index in [4.69, 9.17) is 0 Å². The van der Waals surface area contributed by atoms with Crippen molar-refractivity contribution in [2.45, 2.75) is 38.6 Å². The standard InChI is InChI=1S/C19H23N3O2/c23-22(24)15-18-14-19(21-11-5-2-6-12-21)13-17(20-18)10-9-16-7-3-1-4-8-16/h1,3-4,7-8,13-14H,2,5-6,9-12,15H2. The summed E-state index contributed by atoms with van der Waals surface area (Å²) in [7, 11) is 0. The molecule has 1 saturated heterocycles. The first-order valence-electron chi connectivity index (χ1n) is 8.61. The molecule has 0 atom stereocenters. The maximum atomic E-state index is 10.9. The fourth-order valence-corrected chi connectivity index (χ4v) is 3.23. The normalized spacial score (nSPS) is 14.6. The van der Waals surface area contributed by atoms with Crippen LogP contribution in [0.3, 0.4) is 0 Å². The fraction of sp³-hybridized carbons (Fsp3) is 0.421. The van der Waals surface area contributed by atoms with Gasteiger partial charge in [-0.05, 0) is 49.8 Å². The van der Waals surface area contributed by atoms with Crippen molar-refractivity contribution in [1.29, 1.82) is 0 Å². The van der Waals surface area contributed by atoms with Gasteiger partial charge in [-0.1, -0.05) is 30.3 Å². The zero-order valence-electron chi connectivity index (χ0n) is 13.9. The van der Waals surface area contributed by atoms with E-state index < -0.39 is 0 Å². The topological polar surface area (TPSA) is 59.3 Å². The van der Waals surface area contributed by atoms with Crippen LogP contribution in [0, 0.1) is 10.1 Å². The van der Waals surface area contributed by atoms with Gasteiger partial charge in [-0.2, -0.15) is 0 Å². The van der Waals surface area contributed by atoms with Gasteiger partial charge in [-0.25, -0.2) is 0 Å². The number of aromatic nitrogens is 1. The van der Waals surface area contributed by atoms with E-state index in [1.165, 1.54) is 24.8 Å². The molecule has 5 nitrogen and oxygen atoms in total. The zero-order valence-corrected chi connectivity index (χ0v) is 13.9. The summed E-state index contributed by atoms with van der Waals surface area (Å²) in [6.07, 6.45) is 5.34. The van der Waals surface area contributed by atoms with Crippen LogP contribution < -0.4 is 4.90 Å². The van der Waals surface area contributed by atoms with E-state index in [0.29, 0.717) is 5.69 Å². The molecule has 0 aliphatic carbocycles. The Kier molecular flexibility index (Phi) is 5.41. The lowest BCUT2D eigenvalue weighted by Gasteiger charge is -2.29. The maximum absolute atomic E-state index is 10.9. The van der Waals surface area contributed by atoms with Crippen molar-refractivity contribution in [3.8, 4) is 0 Å². The number of piperidine rings is 1. The summed E-state index contributed by atoms with van der Waals surface area (Å²) in [5.41, 5.74) is 3.85. The van der Waals surface area contributed by atoms with Gasteiger partial charge < -0.3 is 4.90 Å². The molecule has 0 radical (unpaired) electrons. The van der Waals surface area contributed by atoms with Crippen molar-refractivity contribution >= 4 is 5.69 Å². The molecule has 1 aromatic carbocycles. The number of aryl methyl sites for hydroxylation is 2. The Morgan fingerprint density at radius 2 is 1.71 bits per heavy atom. The van der Waals surface area contributed by atoms with E-state index in [2.05, 4.69) is 28.1 Å². The molecule has 0 N–H and O–H groups in total. The number of benzene rings is 1. The third-order valence-electron chi connectivity index (χ3n) is 4.44. The maximum Gasteiger partial charge on any atom is 0.245 e. The molecule has 1 aromatic heterocycles. The minimum Gasteiger partial charge on any atom is -0.371 e. The van der Waals surface area contributed by atoms with Crippen molar-refractivity contribution in [3.05, 3.63) is 69.5 Å². The van der Waals surface area contributed by atoms with Crippen LogP contribution in [0.5, 0.6) is 0 Å². The number of hydrogen-bond donors (Lipinski definition) is 0. The number of nitrogens with zero attached hydrogens (tertiary/aromatic N) is 3. The van der Waals surface area contributed by atoms with E-state index >= 15 is 0 Å². The first-order valence-corrected chi connectivity index (χ1v) is 8.61. The third kappa shape index (κ3) is 4.54. The summed E-state index contributed by atoms with van der Waals surface area (Å²) in [5.74, 6) is 0. The van der Waals surface area contributed by atoms with Gasteiger partial charge in [0.15, 0.2) is 0 Å². The van der Waals surface area contributed by atoms with Crippen LogP contribution in [0.15, 0.2) is 42.5 Å². The van der Waals surface area contributed by atoms with Crippen LogP contribution in [0.4, 0.5) is 5.69 Å². The molecule has 0 saturated carbocycles. The van der Waals surface area contributed by atoms with Gasteiger partial charge in [0.1, 0.15) is 5.69 Å². The van der Waals surface area contributed by atoms with Crippen LogP contribution in [-0.4, -0.2) is 23.0 Å². The smallest absolute Gasteiger partial charge is 0.245 e. The SMILES string of the molecule is O=[N+]([O-])Cc1cc(N2CCCCC2)cc(CCc2ccccc2)n1. The Hall–Kier alpha value is -2.43. The Bertz CT molecular complexity index is 682. The number of pyridine rings is 1. The number of anilines is 1. The van der Waals surface area contributed by atoms with Crippen molar-refractivity contribution in [3.63, 3.8) is 0 Å². The quantitative estimate of drug-likeness (QED) is 0.601. The lowest BCUT2D eigenvalue weighted by molar-refractivity contribution is -0.497. The van der Waals surface area contributed by atoms with E-state index in [1.54, 1.807) is 0 Å². The number of hydrogen-bond acceptors (Lipinski definition) is 4. The van der Waals surface area contributed by atoms with Crippen LogP contribution in [0.2, 0.25) is 0 Å². The van der Waals surface area contributed by atoms with Crippen molar-refractivity contribution < 1.29 is 4.92 Å². The second-order valence-corrected chi connectivity index (χ2v) is 6.33. The van der Waals surface area contributed by atoms with Crippen LogP contribution >= 0.6 is 0 Å². The molecule has 2 aromatic rings. The summed E-state index contributed by atoms with van der Waals surface area (Å²) in [4.78, 5) is 17.4. The highest BCUT2D eigenvalue weighted by atomic mass is 16.6. The second-order valence-electron chi connectivity index (χ2n) is 6.33. The summed E-state index contributed by atoms with van der Waals surface area (Å²) in [6.45, 7) is 1.85. The molecule has 1 aliphatic rings. The molecule has 1 aliphatic heterocycles. The summed E-state index contributed by atoms with van der Waals surface area (Å²) < 4.78 is 0. The highest BCUT2D eigenvalue weighted by molar-refractivity contribution is 5.49. The van der Waals surface area contributed by atoms with E-state index in [0.717, 1.165) is 37.3 Å². The minimum absolute atomic E-state index is 0.208. The van der Waals surface area contributed by atoms with E-state index in [1.807, 2.05) is 24.3 Å². The molecule has 0 unspecified atom stereocenters. The predicted octanol–water partition coefficient (Wildman–Crippen LogP) is 3.63. The molecule has 126 valence electrons. The molecule has 0 amide bonds. The first kappa shape index (κ1) is 16.4. The van der Waals surface area contributed by atoms with Gasteiger partial charge >= 0.3 is 0 Å². The van der Waals surface area contributed by atoms with Crippen LogP contribution in [-0.2, 0) is 19.4 Å². The van der Waals surface area contributed by atoms with Gasteiger partial charge in [0.2, 0.25) is 6.54 Å². The van der Waals surface area contributed by atoms with Crippen molar-refractivity contribution in [2.75, 3.05) is 18.0 Å². The van der Waals surface area contributed by atoms with Crippen molar-refractivity contribution in [1.82, 2.24) is 4.98 Å². The predicted molar refractivity (Wildman–Crippen MR) is 94.8 cm³/mol. The zero-order chi connectivity index (χ0) is 16.8. The molecule has 1 fully saturated rings. The Morgan fingerprint density at radius 3 is 2.42 bits per heavy atom. The van der Waals surface area contributed by atoms with Gasteiger partial charge in [0.25, 0.3) is 0 Å².